The van der Waals surface area contributed by atoms with E-state index in [1.165, 1.54) is 6.20 Å². The Bertz CT molecular complexity index is 809. The van der Waals surface area contributed by atoms with Crippen molar-refractivity contribution >= 4 is 5.91 Å². The van der Waals surface area contributed by atoms with Gasteiger partial charge in [-0.2, -0.15) is 13.2 Å². The number of nitrogens with one attached hydrogen (secondary N) is 1. The van der Waals surface area contributed by atoms with Gasteiger partial charge in [-0.05, 0) is 31.7 Å². The first kappa shape index (κ1) is 19.1. The molecule has 0 aliphatic heterocycles. The van der Waals surface area contributed by atoms with E-state index in [4.69, 9.17) is 0 Å². The van der Waals surface area contributed by atoms with Crippen LogP contribution in [0.1, 0.15) is 42.1 Å². The van der Waals surface area contributed by atoms with Gasteiger partial charge in [0.05, 0.1) is 24.1 Å². The molecule has 8 heteroatoms. The lowest BCUT2D eigenvalue weighted by Crippen LogP contribution is -2.29. The lowest BCUT2D eigenvalue weighted by Gasteiger charge is -2.14. The van der Waals surface area contributed by atoms with Crippen LogP contribution in [0.15, 0.2) is 36.7 Å². The van der Waals surface area contributed by atoms with Gasteiger partial charge in [-0.1, -0.05) is 29.8 Å². The van der Waals surface area contributed by atoms with Crippen molar-refractivity contribution < 1.29 is 22.7 Å². The van der Waals surface area contributed by atoms with E-state index < -0.39 is 18.8 Å². The second-order valence-corrected chi connectivity index (χ2v) is 6.78. The lowest BCUT2D eigenvalue weighted by atomic mass is 10.1. The summed E-state index contributed by atoms with van der Waals surface area (Å²) in [5, 5.41) is 2.89. The number of hydrogen-bond acceptors (Lipinski definition) is 4. The number of amides is 1. The average Bonchev–Trinajstić information content (AvgIpc) is 3.41. The van der Waals surface area contributed by atoms with E-state index in [0.29, 0.717) is 5.69 Å². The first-order valence-corrected chi connectivity index (χ1v) is 8.61. The van der Waals surface area contributed by atoms with Crippen LogP contribution in [0.2, 0.25) is 0 Å². The number of benzene rings is 1. The summed E-state index contributed by atoms with van der Waals surface area (Å²) in [6, 6.07) is 7.72. The highest BCUT2D eigenvalue weighted by Crippen LogP contribution is 2.47. The summed E-state index contributed by atoms with van der Waals surface area (Å²) in [6.45, 7) is 2.35. The largest absolute Gasteiger partial charge is 0.467 e. The maximum absolute atomic E-state index is 12.4. The molecule has 0 unspecified atom stereocenters. The third kappa shape index (κ3) is 5.18. The number of carbonyl (C=O) groups is 1. The molecular weight excluding hydrogens is 359 g/mol. The average molecular weight is 379 g/mol. The second-order valence-electron chi connectivity index (χ2n) is 6.78. The molecule has 5 nitrogen and oxygen atoms in total. The molecule has 0 spiro atoms. The van der Waals surface area contributed by atoms with Gasteiger partial charge < -0.3 is 10.1 Å². The minimum atomic E-state index is -4.43. The fourth-order valence-corrected chi connectivity index (χ4v) is 2.93. The third-order valence-electron chi connectivity index (χ3n) is 4.43. The molecule has 1 N–H and O–H groups in total. The van der Waals surface area contributed by atoms with E-state index in [9.17, 15) is 18.0 Å². The molecule has 1 amide bonds. The first-order valence-electron chi connectivity index (χ1n) is 8.61. The monoisotopic (exact) mass is 379 g/mol. The van der Waals surface area contributed by atoms with Crippen LogP contribution >= 0.6 is 0 Å². The summed E-state index contributed by atoms with van der Waals surface area (Å²) in [5.41, 5.74) is 2.78. The van der Waals surface area contributed by atoms with Gasteiger partial charge in [0, 0.05) is 5.92 Å². The summed E-state index contributed by atoms with van der Waals surface area (Å²) < 4.78 is 40.9. The Morgan fingerprint density at radius 3 is 2.74 bits per heavy atom. The fourth-order valence-electron chi connectivity index (χ4n) is 2.93. The maximum atomic E-state index is 12.4. The van der Waals surface area contributed by atoms with E-state index in [2.05, 4.69) is 26.1 Å². The van der Waals surface area contributed by atoms with E-state index in [1.54, 1.807) is 6.92 Å². The van der Waals surface area contributed by atoms with Crippen LogP contribution in [0.3, 0.4) is 0 Å². The highest BCUT2D eigenvalue weighted by atomic mass is 19.4. The predicted octanol–water partition coefficient (Wildman–Crippen LogP) is 3.71. The number of nitrogens with zero attached hydrogens (tertiary/aromatic N) is 2. The van der Waals surface area contributed by atoms with Crippen LogP contribution in [0.25, 0.3) is 0 Å². The zero-order valence-electron chi connectivity index (χ0n) is 15.0. The van der Waals surface area contributed by atoms with Gasteiger partial charge in [-0.25, -0.2) is 4.98 Å². The Morgan fingerprint density at radius 1 is 1.33 bits per heavy atom. The molecule has 1 saturated carbocycles. The molecule has 1 fully saturated rings. The summed E-state index contributed by atoms with van der Waals surface area (Å²) in [6.07, 6.45) is -1.20. The third-order valence-corrected chi connectivity index (χ3v) is 4.43. The number of ether oxygens (including phenoxy) is 1. The Labute approximate surface area is 155 Å². The van der Waals surface area contributed by atoms with Crippen LogP contribution in [0.5, 0.6) is 5.88 Å². The van der Waals surface area contributed by atoms with Gasteiger partial charge in [0.15, 0.2) is 6.61 Å². The predicted molar refractivity (Wildman–Crippen MR) is 92.2 cm³/mol. The number of aryl methyl sites for hydroxylation is 1. The Balaban J connectivity index is 1.53. The van der Waals surface area contributed by atoms with Gasteiger partial charge >= 0.3 is 6.18 Å². The number of aromatic nitrogens is 2. The van der Waals surface area contributed by atoms with Crippen molar-refractivity contribution in [3.8, 4) is 5.88 Å². The molecule has 3 rings (SSSR count). The highest BCUT2D eigenvalue weighted by Gasteiger charge is 2.44. The molecule has 2 aromatic rings. The van der Waals surface area contributed by atoms with Crippen molar-refractivity contribution in [2.75, 3.05) is 6.61 Å². The number of halogens is 3. The molecule has 27 heavy (non-hydrogen) atoms. The van der Waals surface area contributed by atoms with E-state index in [1.807, 2.05) is 25.1 Å². The van der Waals surface area contributed by atoms with Crippen LogP contribution < -0.4 is 10.1 Å². The normalized spacial score (nSPS) is 20.0. The van der Waals surface area contributed by atoms with Crippen LogP contribution in [-0.4, -0.2) is 28.7 Å². The van der Waals surface area contributed by atoms with Crippen molar-refractivity contribution in [2.24, 2.45) is 5.92 Å². The molecule has 0 saturated heterocycles. The number of hydrogen-bond donors (Lipinski definition) is 1. The molecule has 1 aromatic heterocycles. The molecule has 1 aliphatic carbocycles. The molecule has 0 bridgehead atoms. The summed E-state index contributed by atoms with van der Waals surface area (Å²) in [4.78, 5) is 20.3. The number of rotatable bonds is 6. The minimum absolute atomic E-state index is 0.0618. The summed E-state index contributed by atoms with van der Waals surface area (Å²) in [7, 11) is 0. The molecule has 0 radical (unpaired) electrons. The van der Waals surface area contributed by atoms with E-state index in [0.717, 1.165) is 23.7 Å². The second kappa shape index (κ2) is 7.54. The van der Waals surface area contributed by atoms with E-state index in [-0.39, 0.29) is 23.6 Å². The quantitative estimate of drug-likeness (QED) is 0.831. The van der Waals surface area contributed by atoms with Crippen molar-refractivity contribution in [1.29, 1.82) is 0 Å². The summed E-state index contributed by atoms with van der Waals surface area (Å²) >= 11 is 0. The van der Waals surface area contributed by atoms with Crippen molar-refractivity contribution in [3.63, 3.8) is 0 Å². The van der Waals surface area contributed by atoms with Gasteiger partial charge in [-0.15, -0.1) is 0 Å². The molecule has 1 heterocycles. The lowest BCUT2D eigenvalue weighted by molar-refractivity contribution is -0.154. The number of alkyl halides is 3. The standard InChI is InChI=1S/C19H20F3N3O2/c1-11-4-3-5-13(6-11)14-7-15(14)18(26)25-12(2)16-8-24-17(9-23-16)27-10-19(20,21)22/h3-6,8-9,12,14-15H,7,10H2,1-2H3,(H,25,26)/t12-,14-,15+/m1/s1. The molecule has 144 valence electrons. The van der Waals surface area contributed by atoms with Crippen molar-refractivity contribution in [1.82, 2.24) is 15.3 Å². The molecular formula is C19H20F3N3O2. The van der Waals surface area contributed by atoms with Gasteiger partial charge in [0.1, 0.15) is 0 Å². The van der Waals surface area contributed by atoms with E-state index >= 15 is 0 Å². The van der Waals surface area contributed by atoms with Gasteiger partial charge in [0.2, 0.25) is 11.8 Å². The SMILES string of the molecule is Cc1cccc([C@H]2C[C@@H]2C(=O)N[C@H](C)c2cnc(OCC(F)(F)F)cn2)c1. The van der Waals surface area contributed by atoms with Crippen molar-refractivity contribution in [2.45, 2.75) is 38.4 Å². The number of carbonyl (C=O) groups excluding carboxylic acids is 1. The van der Waals surface area contributed by atoms with Gasteiger partial charge in [-0.3, -0.25) is 9.78 Å². The molecule has 3 atom stereocenters. The zero-order valence-corrected chi connectivity index (χ0v) is 15.0. The van der Waals surface area contributed by atoms with Crippen molar-refractivity contribution in [3.05, 3.63) is 53.5 Å². The summed E-state index contributed by atoms with van der Waals surface area (Å²) in [5.74, 6) is -0.123. The maximum Gasteiger partial charge on any atom is 0.422 e. The first-order chi connectivity index (χ1) is 12.7. The zero-order chi connectivity index (χ0) is 19.6. The Hall–Kier alpha value is -2.64. The highest BCUT2D eigenvalue weighted by molar-refractivity contribution is 5.83. The molecule has 1 aromatic carbocycles. The smallest absolute Gasteiger partial charge is 0.422 e. The fraction of sp³-hybridized carbons (Fsp3) is 0.421. The van der Waals surface area contributed by atoms with Crippen LogP contribution in [0.4, 0.5) is 13.2 Å². The Morgan fingerprint density at radius 2 is 2.11 bits per heavy atom. The Kier molecular flexibility index (Phi) is 5.34. The topological polar surface area (TPSA) is 64.1 Å². The van der Waals surface area contributed by atoms with Crippen LogP contribution in [0, 0.1) is 12.8 Å². The minimum Gasteiger partial charge on any atom is -0.467 e. The molecule has 1 aliphatic rings. The van der Waals surface area contributed by atoms with Crippen LogP contribution in [-0.2, 0) is 4.79 Å². The van der Waals surface area contributed by atoms with Gasteiger partial charge in [0.25, 0.3) is 0 Å².